The molecular formula is C15H29N3. The maximum Gasteiger partial charge on any atom is 0.0624 e. The summed E-state index contributed by atoms with van der Waals surface area (Å²) in [7, 11) is 0. The van der Waals surface area contributed by atoms with Crippen LogP contribution in [0.15, 0.2) is 6.07 Å². The molecule has 1 aromatic rings. The van der Waals surface area contributed by atoms with Gasteiger partial charge in [0.2, 0.25) is 0 Å². The average Bonchev–Trinajstić information content (AvgIpc) is 2.78. The summed E-state index contributed by atoms with van der Waals surface area (Å²) in [6.07, 6.45) is 5.98. The minimum Gasteiger partial charge on any atom is -0.314 e. The van der Waals surface area contributed by atoms with Gasteiger partial charge in [0.15, 0.2) is 0 Å². The summed E-state index contributed by atoms with van der Waals surface area (Å²) in [4.78, 5) is 0. The zero-order valence-electron chi connectivity index (χ0n) is 12.5. The molecule has 1 aromatic heterocycles. The van der Waals surface area contributed by atoms with Crippen LogP contribution in [0, 0.1) is 0 Å². The van der Waals surface area contributed by atoms with E-state index in [2.05, 4.69) is 48.9 Å². The molecule has 0 saturated heterocycles. The molecule has 0 spiro atoms. The third kappa shape index (κ3) is 4.45. The molecule has 1 unspecified atom stereocenters. The van der Waals surface area contributed by atoms with Crippen LogP contribution >= 0.6 is 0 Å². The van der Waals surface area contributed by atoms with Crippen molar-refractivity contribution in [1.82, 2.24) is 15.1 Å². The van der Waals surface area contributed by atoms with E-state index in [1.165, 1.54) is 30.7 Å². The Morgan fingerprint density at radius 3 is 2.61 bits per heavy atom. The molecule has 0 amide bonds. The van der Waals surface area contributed by atoms with E-state index >= 15 is 0 Å². The second-order valence-electron chi connectivity index (χ2n) is 4.90. The monoisotopic (exact) mass is 251 g/mol. The normalized spacial score (nSPS) is 12.9. The Kier molecular flexibility index (Phi) is 7.02. The van der Waals surface area contributed by atoms with E-state index in [-0.39, 0.29) is 0 Å². The number of nitrogens with one attached hydrogen (secondary N) is 1. The van der Waals surface area contributed by atoms with Crippen molar-refractivity contribution in [3.63, 3.8) is 0 Å². The fourth-order valence-electron chi connectivity index (χ4n) is 2.39. The Balaban J connectivity index is 2.68. The summed E-state index contributed by atoms with van der Waals surface area (Å²) in [5.41, 5.74) is 2.61. The second kappa shape index (κ2) is 8.30. The molecule has 3 heteroatoms. The molecule has 0 fully saturated rings. The van der Waals surface area contributed by atoms with Crippen molar-refractivity contribution in [3.8, 4) is 0 Å². The molecule has 1 N–H and O–H groups in total. The number of hydrogen-bond acceptors (Lipinski definition) is 2. The number of unbranched alkanes of at least 4 members (excludes halogenated alkanes) is 1. The number of hydrogen-bond donors (Lipinski definition) is 1. The maximum absolute atomic E-state index is 4.63. The van der Waals surface area contributed by atoms with Crippen LogP contribution in [-0.4, -0.2) is 22.4 Å². The van der Waals surface area contributed by atoms with E-state index in [0.29, 0.717) is 6.04 Å². The fraction of sp³-hybridized carbons (Fsp3) is 0.800. The van der Waals surface area contributed by atoms with Gasteiger partial charge >= 0.3 is 0 Å². The highest BCUT2D eigenvalue weighted by Crippen LogP contribution is 2.12. The molecule has 0 radical (unpaired) electrons. The molecule has 1 heterocycles. The van der Waals surface area contributed by atoms with Crippen LogP contribution < -0.4 is 5.32 Å². The van der Waals surface area contributed by atoms with Crippen LogP contribution in [-0.2, 0) is 19.4 Å². The standard InChI is InChI=1S/C15H29N3/c1-5-9-10-14(16-7-3)12-15-11-13(6-2)17-18(15)8-4/h11,14,16H,5-10,12H2,1-4H3. The van der Waals surface area contributed by atoms with Gasteiger partial charge in [0, 0.05) is 24.7 Å². The maximum atomic E-state index is 4.63. The summed E-state index contributed by atoms with van der Waals surface area (Å²) in [5, 5.41) is 8.23. The van der Waals surface area contributed by atoms with Crippen LogP contribution in [0.3, 0.4) is 0 Å². The van der Waals surface area contributed by atoms with E-state index in [0.717, 1.165) is 25.9 Å². The zero-order chi connectivity index (χ0) is 13.4. The molecule has 0 bridgehead atoms. The van der Waals surface area contributed by atoms with E-state index < -0.39 is 0 Å². The fourth-order valence-corrected chi connectivity index (χ4v) is 2.39. The number of likely N-dealkylation sites (N-methyl/N-ethyl adjacent to an activating group) is 1. The Morgan fingerprint density at radius 2 is 2.06 bits per heavy atom. The molecule has 0 aliphatic carbocycles. The van der Waals surface area contributed by atoms with Crippen LogP contribution in [0.25, 0.3) is 0 Å². The Labute approximate surface area is 112 Å². The third-order valence-corrected chi connectivity index (χ3v) is 3.43. The average molecular weight is 251 g/mol. The largest absolute Gasteiger partial charge is 0.314 e. The van der Waals surface area contributed by atoms with Crippen molar-refractivity contribution in [3.05, 3.63) is 17.5 Å². The first-order valence-corrected chi connectivity index (χ1v) is 7.54. The van der Waals surface area contributed by atoms with Gasteiger partial charge in [-0.2, -0.15) is 5.10 Å². The first kappa shape index (κ1) is 15.2. The van der Waals surface area contributed by atoms with E-state index in [1.807, 2.05) is 0 Å². The summed E-state index contributed by atoms with van der Waals surface area (Å²) in [6, 6.07) is 2.88. The van der Waals surface area contributed by atoms with Gasteiger partial charge in [-0.15, -0.1) is 0 Å². The second-order valence-corrected chi connectivity index (χ2v) is 4.90. The van der Waals surface area contributed by atoms with E-state index in [4.69, 9.17) is 0 Å². The number of rotatable bonds is 9. The predicted octanol–water partition coefficient (Wildman–Crippen LogP) is 3.18. The highest BCUT2D eigenvalue weighted by atomic mass is 15.3. The first-order chi connectivity index (χ1) is 8.74. The molecule has 1 atom stereocenters. The van der Waals surface area contributed by atoms with Gasteiger partial charge in [-0.25, -0.2) is 0 Å². The predicted molar refractivity (Wildman–Crippen MR) is 78.0 cm³/mol. The lowest BCUT2D eigenvalue weighted by Gasteiger charge is -2.18. The number of aryl methyl sites for hydroxylation is 2. The van der Waals surface area contributed by atoms with Gasteiger partial charge in [-0.1, -0.05) is 33.6 Å². The molecular weight excluding hydrogens is 222 g/mol. The Morgan fingerprint density at radius 1 is 1.28 bits per heavy atom. The minimum atomic E-state index is 0.599. The molecule has 0 aliphatic heterocycles. The van der Waals surface area contributed by atoms with Crippen molar-refractivity contribution < 1.29 is 0 Å². The lowest BCUT2D eigenvalue weighted by Crippen LogP contribution is -2.31. The SMILES string of the molecule is CCCCC(Cc1cc(CC)nn1CC)NCC. The van der Waals surface area contributed by atoms with Crippen LogP contribution in [0.1, 0.15) is 58.3 Å². The molecule has 104 valence electrons. The smallest absolute Gasteiger partial charge is 0.0624 e. The molecule has 0 saturated carbocycles. The topological polar surface area (TPSA) is 29.9 Å². The van der Waals surface area contributed by atoms with Crippen LogP contribution in [0.5, 0.6) is 0 Å². The highest BCUT2D eigenvalue weighted by Gasteiger charge is 2.12. The number of nitrogens with zero attached hydrogens (tertiary/aromatic N) is 2. The van der Waals surface area contributed by atoms with Gasteiger partial charge in [0.1, 0.15) is 0 Å². The third-order valence-electron chi connectivity index (χ3n) is 3.43. The van der Waals surface area contributed by atoms with Gasteiger partial charge in [0.25, 0.3) is 0 Å². The van der Waals surface area contributed by atoms with Crippen molar-refractivity contribution in [1.29, 1.82) is 0 Å². The molecule has 1 rings (SSSR count). The summed E-state index contributed by atoms with van der Waals surface area (Å²) in [5.74, 6) is 0. The van der Waals surface area contributed by atoms with Crippen molar-refractivity contribution in [2.75, 3.05) is 6.54 Å². The quantitative estimate of drug-likeness (QED) is 0.730. The molecule has 3 nitrogen and oxygen atoms in total. The molecule has 0 aliphatic rings. The highest BCUT2D eigenvalue weighted by molar-refractivity contribution is 5.12. The summed E-state index contributed by atoms with van der Waals surface area (Å²) >= 11 is 0. The summed E-state index contributed by atoms with van der Waals surface area (Å²) < 4.78 is 2.16. The number of aromatic nitrogens is 2. The summed E-state index contributed by atoms with van der Waals surface area (Å²) in [6.45, 7) is 10.8. The Bertz CT molecular complexity index is 330. The van der Waals surface area contributed by atoms with Crippen molar-refractivity contribution in [2.24, 2.45) is 0 Å². The van der Waals surface area contributed by atoms with E-state index in [9.17, 15) is 0 Å². The van der Waals surface area contributed by atoms with Crippen LogP contribution in [0.4, 0.5) is 0 Å². The van der Waals surface area contributed by atoms with Gasteiger partial charge in [0.05, 0.1) is 5.69 Å². The van der Waals surface area contributed by atoms with Crippen molar-refractivity contribution >= 4 is 0 Å². The first-order valence-electron chi connectivity index (χ1n) is 7.54. The lowest BCUT2D eigenvalue weighted by atomic mass is 10.0. The van der Waals surface area contributed by atoms with Gasteiger partial charge in [-0.3, -0.25) is 4.68 Å². The lowest BCUT2D eigenvalue weighted by molar-refractivity contribution is 0.457. The van der Waals surface area contributed by atoms with Gasteiger partial charge < -0.3 is 5.32 Å². The minimum absolute atomic E-state index is 0.599. The van der Waals surface area contributed by atoms with E-state index in [1.54, 1.807) is 0 Å². The molecule has 0 aromatic carbocycles. The zero-order valence-corrected chi connectivity index (χ0v) is 12.5. The molecule has 18 heavy (non-hydrogen) atoms. The Hall–Kier alpha value is -0.830. The van der Waals surface area contributed by atoms with Gasteiger partial charge in [-0.05, 0) is 32.4 Å². The van der Waals surface area contributed by atoms with Crippen molar-refractivity contribution in [2.45, 2.75) is 72.4 Å². The van der Waals surface area contributed by atoms with Crippen LogP contribution in [0.2, 0.25) is 0 Å².